The Labute approximate surface area is 253 Å². The van der Waals surface area contributed by atoms with Crippen molar-refractivity contribution < 1.29 is 22.4 Å². The molecule has 4 aromatic carbocycles. The summed E-state index contributed by atoms with van der Waals surface area (Å²) in [6.07, 6.45) is 0.972. The van der Waals surface area contributed by atoms with E-state index in [2.05, 4.69) is 5.32 Å². The maximum atomic E-state index is 14.3. The fourth-order valence-electron chi connectivity index (χ4n) is 4.78. The third kappa shape index (κ3) is 8.08. The first kappa shape index (κ1) is 31.4. The van der Waals surface area contributed by atoms with E-state index in [1.54, 1.807) is 49.4 Å². The number of hydrogen-bond acceptors (Lipinski definition) is 4. The summed E-state index contributed by atoms with van der Waals surface area (Å²) < 4.78 is 42.8. The summed E-state index contributed by atoms with van der Waals surface area (Å²) >= 11 is 0. The van der Waals surface area contributed by atoms with Crippen LogP contribution in [0.4, 0.5) is 10.1 Å². The molecule has 0 radical (unpaired) electrons. The van der Waals surface area contributed by atoms with Crippen molar-refractivity contribution in [1.82, 2.24) is 10.2 Å². The van der Waals surface area contributed by atoms with E-state index in [0.717, 1.165) is 21.9 Å². The van der Waals surface area contributed by atoms with Gasteiger partial charge in [-0.2, -0.15) is 0 Å². The van der Waals surface area contributed by atoms with Gasteiger partial charge in [0.15, 0.2) is 0 Å². The molecule has 1 N–H and O–H groups in total. The number of hydrogen-bond donors (Lipinski definition) is 1. The number of carbonyl (C=O) groups is 2. The number of rotatable bonds is 13. The summed E-state index contributed by atoms with van der Waals surface area (Å²) in [5, 5.41) is 2.83. The number of aryl methyl sites for hydroxylation is 1. The third-order valence-corrected chi connectivity index (χ3v) is 8.92. The van der Waals surface area contributed by atoms with Gasteiger partial charge >= 0.3 is 0 Å². The second kappa shape index (κ2) is 14.6. The van der Waals surface area contributed by atoms with Crippen molar-refractivity contribution in [3.05, 3.63) is 132 Å². The molecular weight excluding hydrogens is 565 g/mol. The molecule has 0 saturated heterocycles. The molecule has 224 valence electrons. The zero-order chi connectivity index (χ0) is 30.8. The van der Waals surface area contributed by atoms with Gasteiger partial charge in [-0.15, -0.1) is 0 Å². The van der Waals surface area contributed by atoms with Crippen LogP contribution < -0.4 is 9.62 Å². The van der Waals surface area contributed by atoms with Crippen LogP contribution in [0.5, 0.6) is 0 Å². The van der Waals surface area contributed by atoms with Crippen LogP contribution in [0.2, 0.25) is 0 Å². The Morgan fingerprint density at radius 2 is 1.35 bits per heavy atom. The van der Waals surface area contributed by atoms with Crippen LogP contribution in [-0.4, -0.2) is 44.3 Å². The predicted molar refractivity (Wildman–Crippen MR) is 166 cm³/mol. The average molecular weight is 602 g/mol. The maximum Gasteiger partial charge on any atom is 0.264 e. The summed E-state index contributed by atoms with van der Waals surface area (Å²) in [5.74, 6) is -1.37. The first-order valence-corrected chi connectivity index (χ1v) is 15.7. The molecule has 2 amide bonds. The summed E-state index contributed by atoms with van der Waals surface area (Å²) in [6.45, 7) is 3.56. The number of sulfonamides is 1. The number of anilines is 1. The van der Waals surface area contributed by atoms with Crippen molar-refractivity contribution >= 4 is 27.5 Å². The molecule has 0 saturated carbocycles. The molecule has 7 nitrogen and oxygen atoms in total. The molecular formula is C34H36FN3O4S. The molecule has 9 heteroatoms. The van der Waals surface area contributed by atoms with Crippen LogP contribution in [0, 0.1) is 5.82 Å². The summed E-state index contributed by atoms with van der Waals surface area (Å²) in [4.78, 5) is 29.2. The van der Waals surface area contributed by atoms with Gasteiger partial charge in [-0.05, 0) is 66.4 Å². The van der Waals surface area contributed by atoms with Crippen LogP contribution in [-0.2, 0) is 39.0 Å². The van der Waals surface area contributed by atoms with E-state index in [9.17, 15) is 22.4 Å². The minimum absolute atomic E-state index is 0.0260. The summed E-state index contributed by atoms with van der Waals surface area (Å²) in [7, 11) is -4.16. The van der Waals surface area contributed by atoms with Gasteiger partial charge in [0.2, 0.25) is 11.8 Å². The topological polar surface area (TPSA) is 86.8 Å². The second-order valence-corrected chi connectivity index (χ2v) is 12.0. The van der Waals surface area contributed by atoms with E-state index in [1.807, 2.05) is 49.4 Å². The van der Waals surface area contributed by atoms with E-state index in [0.29, 0.717) is 17.8 Å². The molecule has 0 aliphatic carbocycles. The van der Waals surface area contributed by atoms with Crippen LogP contribution >= 0.6 is 0 Å². The van der Waals surface area contributed by atoms with Gasteiger partial charge in [-0.1, -0.05) is 79.7 Å². The largest absolute Gasteiger partial charge is 0.355 e. The molecule has 0 bridgehead atoms. The SMILES string of the molecule is CCNC(=O)C(Cc1ccccc1)N(Cc1ccc(F)cc1)C(=O)CN(c1ccc(CC)cc1)S(=O)(=O)c1ccccc1. The molecule has 0 aliphatic rings. The second-order valence-electron chi connectivity index (χ2n) is 10.1. The van der Waals surface area contributed by atoms with Gasteiger partial charge in [0.25, 0.3) is 10.0 Å². The Kier molecular flexibility index (Phi) is 10.7. The van der Waals surface area contributed by atoms with Gasteiger partial charge in [-0.3, -0.25) is 13.9 Å². The highest BCUT2D eigenvalue weighted by atomic mass is 32.2. The lowest BCUT2D eigenvalue weighted by Crippen LogP contribution is -2.53. The number of benzene rings is 4. The molecule has 0 heterocycles. The molecule has 0 fully saturated rings. The summed E-state index contributed by atoms with van der Waals surface area (Å²) in [5.41, 5.74) is 2.78. The molecule has 0 aromatic heterocycles. The van der Waals surface area contributed by atoms with E-state index in [4.69, 9.17) is 0 Å². The minimum Gasteiger partial charge on any atom is -0.355 e. The standard InChI is InChI=1S/C34H36FN3O4S/c1-3-26-17-21-30(22-18-26)38(43(41,42)31-13-9-6-10-14-31)25-33(39)37(24-28-15-19-29(35)20-16-28)32(34(40)36-4-2)23-27-11-7-5-8-12-27/h5-22,32H,3-4,23-25H2,1-2H3,(H,36,40). The molecule has 0 aliphatic heterocycles. The van der Waals surface area contributed by atoms with Gasteiger partial charge in [0, 0.05) is 19.5 Å². The number of nitrogens with one attached hydrogen (secondary N) is 1. The van der Waals surface area contributed by atoms with Crippen LogP contribution in [0.1, 0.15) is 30.5 Å². The Balaban J connectivity index is 1.78. The quantitative estimate of drug-likeness (QED) is 0.224. The van der Waals surface area contributed by atoms with Gasteiger partial charge in [-0.25, -0.2) is 12.8 Å². The molecule has 1 atom stereocenters. The first-order chi connectivity index (χ1) is 20.7. The smallest absolute Gasteiger partial charge is 0.264 e. The van der Waals surface area contributed by atoms with E-state index >= 15 is 0 Å². The van der Waals surface area contributed by atoms with Crippen molar-refractivity contribution in [3.63, 3.8) is 0 Å². The Bertz CT molecular complexity index is 1600. The van der Waals surface area contributed by atoms with Gasteiger partial charge in [0.1, 0.15) is 18.4 Å². The van der Waals surface area contributed by atoms with Crippen molar-refractivity contribution in [3.8, 4) is 0 Å². The number of likely N-dealkylation sites (N-methyl/N-ethyl adjacent to an activating group) is 1. The summed E-state index contributed by atoms with van der Waals surface area (Å²) in [6, 6.07) is 29.0. The lowest BCUT2D eigenvalue weighted by atomic mass is 10.0. The zero-order valence-electron chi connectivity index (χ0n) is 24.3. The van der Waals surface area contributed by atoms with Gasteiger partial charge in [0.05, 0.1) is 10.6 Å². The average Bonchev–Trinajstić information content (AvgIpc) is 3.03. The van der Waals surface area contributed by atoms with Crippen LogP contribution in [0.15, 0.2) is 114 Å². The fourth-order valence-corrected chi connectivity index (χ4v) is 6.21. The van der Waals surface area contributed by atoms with Crippen LogP contribution in [0.25, 0.3) is 0 Å². The Morgan fingerprint density at radius 3 is 1.93 bits per heavy atom. The lowest BCUT2D eigenvalue weighted by molar-refractivity contribution is -0.140. The highest BCUT2D eigenvalue weighted by Crippen LogP contribution is 2.25. The Morgan fingerprint density at radius 1 is 0.767 bits per heavy atom. The van der Waals surface area contributed by atoms with Crippen molar-refractivity contribution in [2.24, 2.45) is 0 Å². The maximum absolute atomic E-state index is 14.3. The highest BCUT2D eigenvalue weighted by Gasteiger charge is 2.34. The number of halogens is 1. The van der Waals surface area contributed by atoms with E-state index in [-0.39, 0.29) is 23.8 Å². The predicted octanol–water partition coefficient (Wildman–Crippen LogP) is 5.36. The first-order valence-electron chi connectivity index (χ1n) is 14.2. The zero-order valence-corrected chi connectivity index (χ0v) is 25.1. The minimum atomic E-state index is -4.16. The van der Waals surface area contributed by atoms with Gasteiger partial charge < -0.3 is 10.2 Å². The Hall–Kier alpha value is -4.50. The van der Waals surface area contributed by atoms with Crippen molar-refractivity contribution in [1.29, 1.82) is 0 Å². The molecule has 1 unspecified atom stereocenters. The lowest BCUT2D eigenvalue weighted by Gasteiger charge is -2.33. The number of nitrogens with zero attached hydrogens (tertiary/aromatic N) is 2. The highest BCUT2D eigenvalue weighted by molar-refractivity contribution is 7.92. The van der Waals surface area contributed by atoms with Crippen molar-refractivity contribution in [2.75, 3.05) is 17.4 Å². The molecule has 4 aromatic rings. The normalized spacial score (nSPS) is 11.9. The molecule has 0 spiro atoms. The molecule has 43 heavy (non-hydrogen) atoms. The number of carbonyl (C=O) groups excluding carboxylic acids is 2. The van der Waals surface area contributed by atoms with Crippen molar-refractivity contribution in [2.45, 2.75) is 44.2 Å². The fraction of sp³-hybridized carbons (Fsp3) is 0.235. The third-order valence-electron chi connectivity index (χ3n) is 7.13. The van der Waals surface area contributed by atoms with E-state index in [1.165, 1.54) is 29.2 Å². The monoisotopic (exact) mass is 601 g/mol. The molecule has 4 rings (SSSR count). The number of amides is 2. The van der Waals surface area contributed by atoms with Crippen LogP contribution in [0.3, 0.4) is 0 Å². The van der Waals surface area contributed by atoms with E-state index < -0.39 is 34.3 Å².